The van der Waals surface area contributed by atoms with Crippen LogP contribution in [-0.4, -0.2) is 5.84 Å². The maximum Gasteiger partial charge on any atom is 0.150 e. The van der Waals surface area contributed by atoms with Gasteiger partial charge in [-0.25, -0.2) is 13.8 Å². The first kappa shape index (κ1) is 11.1. The fraction of sp³-hybridized carbons (Fsp3) is 0.222. The second kappa shape index (κ2) is 4.50. The summed E-state index contributed by atoms with van der Waals surface area (Å²) in [7, 11) is 0. The molecule has 0 aliphatic carbocycles. The first-order valence-corrected chi connectivity index (χ1v) is 4.81. The molecular formula is C9H9BrF2N2. The average Bonchev–Trinajstić information content (AvgIpc) is 2.14. The van der Waals surface area contributed by atoms with Gasteiger partial charge in [0.1, 0.15) is 17.3 Å². The minimum Gasteiger partial charge on any atom is -0.387 e. The van der Waals surface area contributed by atoms with Crippen LogP contribution in [0.15, 0.2) is 21.6 Å². The molecule has 76 valence electrons. The zero-order chi connectivity index (χ0) is 10.7. The van der Waals surface area contributed by atoms with E-state index in [1.807, 2.05) is 0 Å². The van der Waals surface area contributed by atoms with E-state index in [1.54, 1.807) is 6.92 Å². The van der Waals surface area contributed by atoms with E-state index >= 15 is 0 Å². The van der Waals surface area contributed by atoms with Gasteiger partial charge in [0.15, 0.2) is 0 Å². The minimum atomic E-state index is -0.602. The molecule has 0 spiro atoms. The van der Waals surface area contributed by atoms with E-state index in [0.717, 1.165) is 12.1 Å². The molecule has 2 nitrogen and oxygen atoms in total. The monoisotopic (exact) mass is 262 g/mol. The molecule has 0 aliphatic heterocycles. The van der Waals surface area contributed by atoms with E-state index < -0.39 is 11.6 Å². The molecule has 0 radical (unpaired) electrons. The second-order valence-corrected chi connectivity index (χ2v) is 3.53. The minimum absolute atomic E-state index is 0.0732. The van der Waals surface area contributed by atoms with Crippen LogP contribution in [0.5, 0.6) is 0 Å². The predicted molar refractivity (Wildman–Crippen MR) is 55.6 cm³/mol. The van der Waals surface area contributed by atoms with E-state index in [1.165, 1.54) is 0 Å². The molecule has 0 heterocycles. The Labute approximate surface area is 89.0 Å². The van der Waals surface area contributed by atoms with Gasteiger partial charge in [-0.1, -0.05) is 6.92 Å². The van der Waals surface area contributed by atoms with Gasteiger partial charge in [0.25, 0.3) is 0 Å². The van der Waals surface area contributed by atoms with Crippen LogP contribution in [0.4, 0.5) is 14.5 Å². The maximum atomic E-state index is 13.2. The molecule has 5 heteroatoms. The average molecular weight is 263 g/mol. The van der Waals surface area contributed by atoms with Crippen molar-refractivity contribution < 1.29 is 8.78 Å². The highest BCUT2D eigenvalue weighted by atomic mass is 79.9. The van der Waals surface area contributed by atoms with E-state index in [-0.39, 0.29) is 16.0 Å². The van der Waals surface area contributed by atoms with Gasteiger partial charge in [0.2, 0.25) is 0 Å². The van der Waals surface area contributed by atoms with Crippen molar-refractivity contribution in [3.05, 3.63) is 28.2 Å². The number of nitrogens with zero attached hydrogens (tertiary/aromatic N) is 1. The van der Waals surface area contributed by atoms with Crippen molar-refractivity contribution in [1.29, 1.82) is 0 Å². The molecule has 0 saturated carbocycles. The SMILES string of the molecule is CCC(N)=Nc1cc(F)c(Br)cc1F. The van der Waals surface area contributed by atoms with Crippen LogP contribution in [0, 0.1) is 11.6 Å². The third-order valence-electron chi connectivity index (χ3n) is 1.62. The highest BCUT2D eigenvalue weighted by Gasteiger charge is 2.07. The first-order valence-electron chi connectivity index (χ1n) is 4.02. The molecule has 0 amide bonds. The topological polar surface area (TPSA) is 38.4 Å². The standard InChI is InChI=1S/C9H9BrF2N2/c1-2-9(13)14-8-4-6(11)5(10)3-7(8)12/h3-4H,2H2,1H3,(H2,13,14). The molecule has 0 unspecified atom stereocenters. The fourth-order valence-corrected chi connectivity index (χ4v) is 1.15. The van der Waals surface area contributed by atoms with Crippen molar-refractivity contribution in [2.45, 2.75) is 13.3 Å². The lowest BCUT2D eigenvalue weighted by atomic mass is 10.3. The van der Waals surface area contributed by atoms with Gasteiger partial charge in [-0.3, -0.25) is 0 Å². The van der Waals surface area contributed by atoms with Gasteiger partial charge >= 0.3 is 0 Å². The maximum absolute atomic E-state index is 13.2. The molecule has 1 rings (SSSR count). The number of benzene rings is 1. The van der Waals surface area contributed by atoms with Crippen molar-refractivity contribution in [1.82, 2.24) is 0 Å². The largest absolute Gasteiger partial charge is 0.387 e. The molecule has 0 saturated heterocycles. The molecule has 1 aromatic carbocycles. The number of amidine groups is 1. The third kappa shape index (κ3) is 2.51. The molecule has 2 N–H and O–H groups in total. The number of hydrogen-bond donors (Lipinski definition) is 1. The normalized spacial score (nSPS) is 11.9. The second-order valence-electron chi connectivity index (χ2n) is 2.67. The summed E-state index contributed by atoms with van der Waals surface area (Å²) < 4.78 is 26.2. The summed E-state index contributed by atoms with van der Waals surface area (Å²) in [5, 5.41) is 0. The number of nitrogens with two attached hydrogens (primary N) is 1. The number of aliphatic imine (C=N–C) groups is 1. The summed E-state index contributed by atoms with van der Waals surface area (Å²) >= 11 is 2.87. The Morgan fingerprint density at radius 2 is 2.07 bits per heavy atom. The molecule has 0 fully saturated rings. The first-order chi connectivity index (χ1) is 6.54. The smallest absolute Gasteiger partial charge is 0.150 e. The van der Waals surface area contributed by atoms with Crippen molar-refractivity contribution in [3.8, 4) is 0 Å². The summed E-state index contributed by atoms with van der Waals surface area (Å²) in [5.41, 5.74) is 5.33. The van der Waals surface area contributed by atoms with E-state index in [9.17, 15) is 8.78 Å². The lowest BCUT2D eigenvalue weighted by molar-refractivity contribution is 0.596. The molecule has 0 aromatic heterocycles. The van der Waals surface area contributed by atoms with Gasteiger partial charge in [-0.15, -0.1) is 0 Å². The Morgan fingerprint density at radius 3 is 2.64 bits per heavy atom. The van der Waals surface area contributed by atoms with Crippen LogP contribution >= 0.6 is 15.9 Å². The molecule has 0 atom stereocenters. The van der Waals surface area contributed by atoms with E-state index in [4.69, 9.17) is 5.73 Å². The van der Waals surface area contributed by atoms with E-state index in [0.29, 0.717) is 6.42 Å². The van der Waals surface area contributed by atoms with Crippen molar-refractivity contribution in [3.63, 3.8) is 0 Å². The van der Waals surface area contributed by atoms with Crippen LogP contribution in [-0.2, 0) is 0 Å². The Kier molecular flexibility index (Phi) is 3.57. The number of rotatable bonds is 2. The number of halogens is 3. The lowest BCUT2D eigenvalue weighted by Crippen LogP contribution is -2.08. The van der Waals surface area contributed by atoms with Crippen molar-refractivity contribution in [2.75, 3.05) is 0 Å². The van der Waals surface area contributed by atoms with Crippen LogP contribution in [0.1, 0.15) is 13.3 Å². The zero-order valence-electron chi connectivity index (χ0n) is 7.52. The predicted octanol–water partition coefficient (Wildman–Crippen LogP) is 3.13. The van der Waals surface area contributed by atoms with Gasteiger partial charge < -0.3 is 5.73 Å². The van der Waals surface area contributed by atoms with E-state index in [2.05, 4.69) is 20.9 Å². The van der Waals surface area contributed by atoms with Crippen LogP contribution in [0.2, 0.25) is 0 Å². The van der Waals surface area contributed by atoms with Crippen molar-refractivity contribution in [2.24, 2.45) is 10.7 Å². The Balaban J connectivity index is 3.16. The lowest BCUT2D eigenvalue weighted by Gasteiger charge is -2.01. The van der Waals surface area contributed by atoms with Crippen molar-refractivity contribution >= 4 is 27.5 Å². The van der Waals surface area contributed by atoms with Crippen LogP contribution in [0.25, 0.3) is 0 Å². The summed E-state index contributed by atoms with van der Waals surface area (Å²) in [6.45, 7) is 1.78. The summed E-state index contributed by atoms with van der Waals surface area (Å²) in [4.78, 5) is 3.74. The molecule has 0 aliphatic rings. The van der Waals surface area contributed by atoms with Crippen LogP contribution < -0.4 is 5.73 Å². The Hall–Kier alpha value is -0.970. The Bertz CT molecular complexity index is 377. The van der Waals surface area contributed by atoms with Gasteiger partial charge in [0.05, 0.1) is 10.3 Å². The third-order valence-corrected chi connectivity index (χ3v) is 2.22. The quantitative estimate of drug-likeness (QED) is 0.497. The Morgan fingerprint density at radius 1 is 1.43 bits per heavy atom. The highest BCUT2D eigenvalue weighted by molar-refractivity contribution is 9.10. The van der Waals surface area contributed by atoms with Gasteiger partial charge in [-0.05, 0) is 22.0 Å². The zero-order valence-corrected chi connectivity index (χ0v) is 9.11. The summed E-state index contributed by atoms with van der Waals surface area (Å²) in [6.07, 6.45) is 0.497. The number of hydrogen-bond acceptors (Lipinski definition) is 1. The van der Waals surface area contributed by atoms with Gasteiger partial charge in [0, 0.05) is 12.5 Å². The molecule has 1 aromatic rings. The van der Waals surface area contributed by atoms with Gasteiger partial charge in [-0.2, -0.15) is 0 Å². The summed E-state index contributed by atoms with van der Waals surface area (Å²) in [5.74, 6) is -0.894. The molecule has 0 bridgehead atoms. The molecular weight excluding hydrogens is 254 g/mol. The highest BCUT2D eigenvalue weighted by Crippen LogP contribution is 2.25. The summed E-state index contributed by atoms with van der Waals surface area (Å²) in [6, 6.07) is 2.03. The molecule has 14 heavy (non-hydrogen) atoms. The van der Waals surface area contributed by atoms with Crippen LogP contribution in [0.3, 0.4) is 0 Å². The fourth-order valence-electron chi connectivity index (χ4n) is 0.832.